The maximum atomic E-state index is 12.6. The van der Waals surface area contributed by atoms with Gasteiger partial charge in [-0.3, -0.25) is 4.79 Å². The standard InChI is InChI=1S/C17H18N2O2/c1-12-7-6-8-13(11-12)17(21)15-10-5-4-9-14(15)16(20)19(17)18(2)3/h4-11,21H,1-3H3. The van der Waals surface area contributed by atoms with Crippen LogP contribution < -0.4 is 0 Å². The molecule has 0 spiro atoms. The van der Waals surface area contributed by atoms with Crippen LogP contribution in [-0.2, 0) is 5.72 Å². The van der Waals surface area contributed by atoms with E-state index in [4.69, 9.17) is 0 Å². The van der Waals surface area contributed by atoms with E-state index in [0.717, 1.165) is 5.56 Å². The number of hydrazine groups is 1. The largest absolute Gasteiger partial charge is 0.362 e. The lowest BCUT2D eigenvalue weighted by molar-refractivity contribution is -0.136. The maximum Gasteiger partial charge on any atom is 0.271 e. The highest BCUT2D eigenvalue weighted by molar-refractivity contribution is 6.00. The molecule has 0 aliphatic carbocycles. The second kappa shape index (κ2) is 4.69. The molecule has 0 bridgehead atoms. The molecule has 1 heterocycles. The van der Waals surface area contributed by atoms with E-state index in [1.165, 1.54) is 5.01 Å². The van der Waals surface area contributed by atoms with Crippen molar-refractivity contribution in [1.82, 2.24) is 10.0 Å². The van der Waals surface area contributed by atoms with E-state index in [-0.39, 0.29) is 5.91 Å². The maximum absolute atomic E-state index is 12.6. The summed E-state index contributed by atoms with van der Waals surface area (Å²) in [6, 6.07) is 14.8. The van der Waals surface area contributed by atoms with E-state index in [1.54, 1.807) is 31.2 Å². The van der Waals surface area contributed by atoms with Gasteiger partial charge in [-0.05, 0) is 13.0 Å². The SMILES string of the molecule is Cc1cccc(C2(O)c3ccccc3C(=O)N2N(C)C)c1. The molecule has 108 valence electrons. The Kier molecular flexibility index (Phi) is 3.08. The van der Waals surface area contributed by atoms with Crippen LogP contribution in [0.4, 0.5) is 0 Å². The minimum atomic E-state index is -1.47. The van der Waals surface area contributed by atoms with Crippen LogP contribution in [0.25, 0.3) is 0 Å². The predicted octanol–water partition coefficient (Wildman–Crippen LogP) is 2.12. The molecule has 0 saturated carbocycles. The summed E-state index contributed by atoms with van der Waals surface area (Å²) in [5.41, 5.74) is 1.42. The first-order chi connectivity index (χ1) is 9.96. The Morgan fingerprint density at radius 3 is 2.48 bits per heavy atom. The van der Waals surface area contributed by atoms with Crippen LogP contribution in [0.3, 0.4) is 0 Å². The van der Waals surface area contributed by atoms with Gasteiger partial charge in [0.25, 0.3) is 5.91 Å². The highest BCUT2D eigenvalue weighted by Crippen LogP contribution is 2.42. The van der Waals surface area contributed by atoms with Crippen molar-refractivity contribution in [3.05, 3.63) is 70.8 Å². The van der Waals surface area contributed by atoms with Crippen LogP contribution in [0.1, 0.15) is 27.0 Å². The van der Waals surface area contributed by atoms with Crippen LogP contribution >= 0.6 is 0 Å². The summed E-state index contributed by atoms with van der Waals surface area (Å²) in [7, 11) is 3.51. The van der Waals surface area contributed by atoms with Gasteiger partial charge < -0.3 is 5.11 Å². The number of amides is 1. The number of carbonyl (C=O) groups excluding carboxylic acids is 1. The highest BCUT2D eigenvalue weighted by Gasteiger charge is 2.51. The van der Waals surface area contributed by atoms with Crippen LogP contribution in [-0.4, -0.2) is 35.1 Å². The molecule has 1 aliphatic heterocycles. The zero-order valence-corrected chi connectivity index (χ0v) is 12.4. The number of aryl methyl sites for hydroxylation is 1. The van der Waals surface area contributed by atoms with Crippen molar-refractivity contribution in [3.8, 4) is 0 Å². The molecule has 4 nitrogen and oxygen atoms in total. The average Bonchev–Trinajstić information content (AvgIpc) is 2.69. The number of hydrogen-bond acceptors (Lipinski definition) is 3. The first-order valence-electron chi connectivity index (χ1n) is 6.87. The van der Waals surface area contributed by atoms with Crippen molar-refractivity contribution in [2.75, 3.05) is 14.1 Å². The van der Waals surface area contributed by atoms with Gasteiger partial charge in [0.1, 0.15) is 0 Å². The summed E-state index contributed by atoms with van der Waals surface area (Å²) in [5, 5.41) is 14.4. The quantitative estimate of drug-likeness (QED) is 0.917. The molecule has 3 rings (SSSR count). The van der Waals surface area contributed by atoms with E-state index in [2.05, 4.69) is 0 Å². The number of rotatable bonds is 2. The number of carbonyl (C=O) groups is 1. The van der Waals surface area contributed by atoms with Crippen molar-refractivity contribution in [2.24, 2.45) is 0 Å². The molecule has 1 atom stereocenters. The summed E-state index contributed by atoms with van der Waals surface area (Å²) in [6.07, 6.45) is 0. The van der Waals surface area contributed by atoms with Crippen molar-refractivity contribution < 1.29 is 9.90 Å². The van der Waals surface area contributed by atoms with Crippen molar-refractivity contribution in [1.29, 1.82) is 0 Å². The summed E-state index contributed by atoms with van der Waals surface area (Å²) in [5.74, 6) is -0.195. The second-order valence-electron chi connectivity index (χ2n) is 5.55. The van der Waals surface area contributed by atoms with E-state index in [1.807, 2.05) is 43.3 Å². The van der Waals surface area contributed by atoms with Gasteiger partial charge in [-0.2, -0.15) is 0 Å². The fourth-order valence-electron chi connectivity index (χ4n) is 2.96. The fourth-order valence-corrected chi connectivity index (χ4v) is 2.96. The molecular formula is C17H18N2O2. The third kappa shape index (κ3) is 1.87. The molecule has 1 amide bonds. The molecular weight excluding hydrogens is 264 g/mol. The Morgan fingerprint density at radius 1 is 1.10 bits per heavy atom. The van der Waals surface area contributed by atoms with Crippen molar-refractivity contribution in [3.63, 3.8) is 0 Å². The first kappa shape index (κ1) is 13.8. The second-order valence-corrected chi connectivity index (χ2v) is 5.55. The minimum Gasteiger partial charge on any atom is -0.362 e. The van der Waals surface area contributed by atoms with Crippen LogP contribution in [0.15, 0.2) is 48.5 Å². The van der Waals surface area contributed by atoms with Gasteiger partial charge in [0, 0.05) is 30.8 Å². The molecule has 0 aromatic heterocycles. The van der Waals surface area contributed by atoms with Crippen LogP contribution in [0.2, 0.25) is 0 Å². The number of benzene rings is 2. The molecule has 21 heavy (non-hydrogen) atoms. The van der Waals surface area contributed by atoms with E-state index < -0.39 is 5.72 Å². The van der Waals surface area contributed by atoms with Gasteiger partial charge in [-0.25, -0.2) is 10.0 Å². The Hall–Kier alpha value is -2.17. The number of aliphatic hydroxyl groups is 1. The van der Waals surface area contributed by atoms with E-state index in [9.17, 15) is 9.90 Å². The van der Waals surface area contributed by atoms with E-state index >= 15 is 0 Å². The summed E-state index contributed by atoms with van der Waals surface area (Å²) >= 11 is 0. The normalized spacial score (nSPS) is 21.0. The van der Waals surface area contributed by atoms with E-state index in [0.29, 0.717) is 16.7 Å². The lowest BCUT2D eigenvalue weighted by Gasteiger charge is -2.38. The van der Waals surface area contributed by atoms with Crippen LogP contribution in [0, 0.1) is 6.92 Å². The molecule has 1 N–H and O–H groups in total. The third-order valence-electron chi connectivity index (χ3n) is 3.85. The lowest BCUT2D eigenvalue weighted by Crippen LogP contribution is -2.51. The topological polar surface area (TPSA) is 43.8 Å². The Morgan fingerprint density at radius 2 is 1.81 bits per heavy atom. The molecule has 1 unspecified atom stereocenters. The smallest absolute Gasteiger partial charge is 0.271 e. The Bertz CT molecular complexity index is 711. The van der Waals surface area contributed by atoms with Crippen LogP contribution in [0.5, 0.6) is 0 Å². The number of nitrogens with zero attached hydrogens (tertiary/aromatic N) is 2. The minimum absolute atomic E-state index is 0.195. The van der Waals surface area contributed by atoms with Crippen molar-refractivity contribution in [2.45, 2.75) is 12.6 Å². The van der Waals surface area contributed by atoms with Gasteiger partial charge >= 0.3 is 0 Å². The predicted molar refractivity (Wildman–Crippen MR) is 80.5 cm³/mol. The molecule has 4 heteroatoms. The molecule has 1 aliphatic rings. The first-order valence-corrected chi connectivity index (χ1v) is 6.87. The molecule has 0 saturated heterocycles. The summed E-state index contributed by atoms with van der Waals surface area (Å²) in [6.45, 7) is 1.97. The summed E-state index contributed by atoms with van der Waals surface area (Å²) in [4.78, 5) is 12.6. The van der Waals surface area contributed by atoms with Gasteiger partial charge in [-0.15, -0.1) is 0 Å². The average molecular weight is 282 g/mol. The van der Waals surface area contributed by atoms with Gasteiger partial charge in [-0.1, -0.05) is 48.0 Å². The monoisotopic (exact) mass is 282 g/mol. The van der Waals surface area contributed by atoms with Crippen molar-refractivity contribution >= 4 is 5.91 Å². The molecule has 0 fully saturated rings. The zero-order valence-electron chi connectivity index (χ0n) is 12.4. The fraction of sp³-hybridized carbons (Fsp3) is 0.235. The molecule has 2 aromatic carbocycles. The lowest BCUT2D eigenvalue weighted by atomic mass is 9.93. The molecule has 0 radical (unpaired) electrons. The van der Waals surface area contributed by atoms with Gasteiger partial charge in [0.05, 0.1) is 0 Å². The zero-order chi connectivity index (χ0) is 15.2. The summed E-state index contributed by atoms with van der Waals surface area (Å²) < 4.78 is 0. The Labute approximate surface area is 124 Å². The third-order valence-corrected chi connectivity index (χ3v) is 3.85. The van der Waals surface area contributed by atoms with Gasteiger partial charge in [0.15, 0.2) is 0 Å². The van der Waals surface area contributed by atoms with Gasteiger partial charge in [0.2, 0.25) is 5.72 Å². The highest BCUT2D eigenvalue weighted by atomic mass is 16.3. The Balaban J connectivity index is 2.29. The number of hydrogen-bond donors (Lipinski definition) is 1. The molecule has 2 aromatic rings. The number of fused-ring (bicyclic) bond motifs is 1.